The Bertz CT molecular complexity index is 2440. The molecule has 4 heteroatoms. The summed E-state index contributed by atoms with van der Waals surface area (Å²) in [6.07, 6.45) is 0. The van der Waals surface area contributed by atoms with Crippen LogP contribution < -0.4 is 0 Å². The Balaban J connectivity index is 1.24. The van der Waals surface area contributed by atoms with Crippen LogP contribution in [0.1, 0.15) is 0 Å². The zero-order valence-electron chi connectivity index (χ0n) is 24.8. The summed E-state index contributed by atoms with van der Waals surface area (Å²) in [5.74, 6) is 0.705. The summed E-state index contributed by atoms with van der Waals surface area (Å²) in [5.41, 5.74) is 13.2. The second-order valence-corrected chi connectivity index (χ2v) is 11.4. The van der Waals surface area contributed by atoms with Crippen molar-refractivity contribution in [1.29, 1.82) is 0 Å². The molecule has 9 aromatic rings. The molecule has 0 saturated heterocycles. The third-order valence-corrected chi connectivity index (χ3v) is 8.64. The highest BCUT2D eigenvalue weighted by Crippen LogP contribution is 2.44. The van der Waals surface area contributed by atoms with Crippen LogP contribution in [0.3, 0.4) is 0 Å². The molecule has 0 spiro atoms. The molecule has 0 N–H and O–H groups in total. The van der Waals surface area contributed by atoms with Gasteiger partial charge in [0, 0.05) is 22.1 Å². The topological polar surface area (TPSA) is 43.3 Å². The van der Waals surface area contributed by atoms with E-state index >= 15 is 0 Å². The van der Waals surface area contributed by atoms with E-state index in [-0.39, 0.29) is 0 Å². The average Bonchev–Trinajstić information content (AvgIpc) is 3.67. The van der Waals surface area contributed by atoms with Gasteiger partial charge in [-0.25, -0.2) is 9.97 Å². The molecule has 46 heavy (non-hydrogen) atoms. The van der Waals surface area contributed by atoms with E-state index in [0.717, 1.165) is 61.5 Å². The maximum Gasteiger partial charge on any atom is 0.213 e. The average molecular weight is 590 g/mol. The third-order valence-electron chi connectivity index (χ3n) is 8.64. The Labute approximate surface area is 265 Å². The van der Waals surface area contributed by atoms with E-state index < -0.39 is 0 Å². The van der Waals surface area contributed by atoms with Crippen LogP contribution in [-0.2, 0) is 0 Å². The molecule has 6 aromatic carbocycles. The van der Waals surface area contributed by atoms with Crippen molar-refractivity contribution in [3.63, 3.8) is 0 Å². The highest BCUT2D eigenvalue weighted by molar-refractivity contribution is 6.13. The maximum absolute atomic E-state index is 6.60. The van der Waals surface area contributed by atoms with E-state index in [1.165, 1.54) is 16.5 Å². The lowest BCUT2D eigenvalue weighted by Gasteiger charge is -2.10. The van der Waals surface area contributed by atoms with E-state index in [2.05, 4.69) is 120 Å². The van der Waals surface area contributed by atoms with Gasteiger partial charge in [0.1, 0.15) is 0 Å². The Morgan fingerprint density at radius 3 is 1.67 bits per heavy atom. The van der Waals surface area contributed by atoms with E-state index in [1.807, 2.05) is 48.5 Å². The summed E-state index contributed by atoms with van der Waals surface area (Å²) in [5, 5.41) is 1.17. The van der Waals surface area contributed by atoms with Crippen molar-refractivity contribution in [3.8, 4) is 56.2 Å². The standard InChI is InChI=1S/C42H27N3O/c1-4-13-28(14-5-1)33-19-12-21-37-40(33)39(42-45(37)36-20-10-11-22-38(36)46-42)31-25-23-30(24-26-31)35-27-34(29-15-6-2-7-16-29)43-41(44-35)32-17-8-3-9-18-32/h1-27H. The molecule has 0 amide bonds. The van der Waals surface area contributed by atoms with Gasteiger partial charge in [-0.3, -0.25) is 4.40 Å². The molecule has 0 atom stereocenters. The Kier molecular flexibility index (Phi) is 6.10. The van der Waals surface area contributed by atoms with Crippen LogP contribution in [0.25, 0.3) is 83.9 Å². The fourth-order valence-electron chi connectivity index (χ4n) is 6.49. The lowest BCUT2D eigenvalue weighted by atomic mass is 9.95. The largest absolute Gasteiger partial charge is 0.438 e. The normalized spacial score (nSPS) is 11.5. The van der Waals surface area contributed by atoms with Crippen molar-refractivity contribution >= 4 is 27.7 Å². The molecular weight excluding hydrogens is 562 g/mol. The molecule has 0 fully saturated rings. The van der Waals surface area contributed by atoms with Crippen molar-refractivity contribution in [1.82, 2.24) is 14.4 Å². The summed E-state index contributed by atoms with van der Waals surface area (Å²) in [6, 6.07) is 56.5. The van der Waals surface area contributed by atoms with Crippen molar-refractivity contribution in [2.75, 3.05) is 0 Å². The van der Waals surface area contributed by atoms with Gasteiger partial charge in [0.25, 0.3) is 0 Å². The van der Waals surface area contributed by atoms with Gasteiger partial charge < -0.3 is 4.42 Å². The molecule has 3 heterocycles. The van der Waals surface area contributed by atoms with Crippen LogP contribution in [0, 0.1) is 0 Å². The number of benzene rings is 6. The van der Waals surface area contributed by atoms with Gasteiger partial charge in [-0.15, -0.1) is 0 Å². The lowest BCUT2D eigenvalue weighted by molar-refractivity contribution is 0.658. The SMILES string of the molecule is c1ccc(-c2cc(-c3ccc(-c4c5c(-c6ccccc6)cccc5n5c4oc4ccccc45)cc3)nc(-c3ccccc3)n2)cc1. The van der Waals surface area contributed by atoms with Gasteiger partial charge in [-0.1, -0.05) is 140 Å². The fraction of sp³-hybridized carbons (Fsp3) is 0. The van der Waals surface area contributed by atoms with Crippen molar-refractivity contribution in [2.45, 2.75) is 0 Å². The molecule has 0 aliphatic carbocycles. The molecule has 0 aliphatic rings. The molecular formula is C42H27N3O. The van der Waals surface area contributed by atoms with E-state index in [4.69, 9.17) is 14.4 Å². The number of hydrogen-bond acceptors (Lipinski definition) is 3. The van der Waals surface area contributed by atoms with Crippen molar-refractivity contribution in [2.24, 2.45) is 0 Å². The van der Waals surface area contributed by atoms with Gasteiger partial charge in [-0.2, -0.15) is 0 Å². The molecule has 0 unspecified atom stereocenters. The summed E-state index contributed by atoms with van der Waals surface area (Å²) in [4.78, 5) is 10.00. The highest BCUT2D eigenvalue weighted by Gasteiger charge is 2.22. The summed E-state index contributed by atoms with van der Waals surface area (Å²) >= 11 is 0. The number of nitrogens with zero attached hydrogens (tertiary/aromatic N) is 3. The van der Waals surface area contributed by atoms with Crippen molar-refractivity contribution in [3.05, 3.63) is 164 Å². The second-order valence-electron chi connectivity index (χ2n) is 11.4. The molecule has 0 radical (unpaired) electrons. The smallest absolute Gasteiger partial charge is 0.213 e. The first-order chi connectivity index (χ1) is 22.8. The van der Waals surface area contributed by atoms with Gasteiger partial charge >= 0.3 is 0 Å². The van der Waals surface area contributed by atoms with E-state index in [9.17, 15) is 0 Å². The molecule has 0 saturated carbocycles. The quantitative estimate of drug-likeness (QED) is 0.201. The minimum absolute atomic E-state index is 0.705. The van der Waals surface area contributed by atoms with Gasteiger partial charge in [-0.05, 0) is 41.0 Å². The minimum Gasteiger partial charge on any atom is -0.438 e. The number of hydrogen-bond donors (Lipinski definition) is 0. The van der Waals surface area contributed by atoms with Crippen LogP contribution >= 0.6 is 0 Å². The fourth-order valence-corrected chi connectivity index (χ4v) is 6.49. The predicted molar refractivity (Wildman–Crippen MR) is 187 cm³/mol. The number of oxazole rings is 1. The number of para-hydroxylation sites is 2. The minimum atomic E-state index is 0.705. The van der Waals surface area contributed by atoms with Crippen molar-refractivity contribution < 1.29 is 4.42 Å². The zero-order chi connectivity index (χ0) is 30.5. The second kappa shape index (κ2) is 10.7. The number of fused-ring (bicyclic) bond motifs is 5. The third kappa shape index (κ3) is 4.31. The van der Waals surface area contributed by atoms with Crippen LogP contribution in [0.15, 0.2) is 168 Å². The summed E-state index contributed by atoms with van der Waals surface area (Å²) in [6.45, 7) is 0. The van der Waals surface area contributed by atoms with Crippen LogP contribution in [0.2, 0.25) is 0 Å². The molecule has 0 bridgehead atoms. The number of aromatic nitrogens is 3. The molecule has 0 aliphatic heterocycles. The van der Waals surface area contributed by atoms with E-state index in [1.54, 1.807) is 0 Å². The lowest BCUT2D eigenvalue weighted by Crippen LogP contribution is -1.95. The van der Waals surface area contributed by atoms with Gasteiger partial charge in [0.2, 0.25) is 5.71 Å². The summed E-state index contributed by atoms with van der Waals surface area (Å²) in [7, 11) is 0. The molecule has 4 nitrogen and oxygen atoms in total. The monoisotopic (exact) mass is 589 g/mol. The maximum atomic E-state index is 6.60. The predicted octanol–water partition coefficient (Wildman–Crippen LogP) is 11.0. The van der Waals surface area contributed by atoms with Crippen LogP contribution in [0.4, 0.5) is 0 Å². The molecule has 3 aromatic heterocycles. The highest BCUT2D eigenvalue weighted by atomic mass is 16.3. The van der Waals surface area contributed by atoms with Crippen LogP contribution in [0.5, 0.6) is 0 Å². The first-order valence-electron chi connectivity index (χ1n) is 15.4. The van der Waals surface area contributed by atoms with Gasteiger partial charge in [0.05, 0.1) is 28.0 Å². The zero-order valence-corrected chi connectivity index (χ0v) is 24.8. The van der Waals surface area contributed by atoms with Crippen LogP contribution in [-0.4, -0.2) is 14.4 Å². The first kappa shape index (κ1) is 26.2. The number of rotatable bonds is 5. The Morgan fingerprint density at radius 1 is 0.435 bits per heavy atom. The Hall–Kier alpha value is -6.26. The molecule has 216 valence electrons. The van der Waals surface area contributed by atoms with E-state index in [0.29, 0.717) is 5.82 Å². The first-order valence-corrected chi connectivity index (χ1v) is 15.4. The molecule has 9 rings (SSSR count). The van der Waals surface area contributed by atoms with Gasteiger partial charge in [0.15, 0.2) is 11.4 Å². The Morgan fingerprint density at radius 2 is 0.978 bits per heavy atom. The summed E-state index contributed by atoms with van der Waals surface area (Å²) < 4.78 is 8.85.